The molecule has 0 aliphatic rings. The molecule has 4 N–H and O–H groups in total. The van der Waals surface area contributed by atoms with Crippen molar-refractivity contribution < 1.29 is 4.79 Å². The van der Waals surface area contributed by atoms with Gasteiger partial charge in [-0.05, 0) is 42.8 Å². The zero-order valence-electron chi connectivity index (χ0n) is 19.0. The van der Waals surface area contributed by atoms with E-state index in [0.717, 1.165) is 33.4 Å². The predicted molar refractivity (Wildman–Crippen MR) is 140 cm³/mol. The Balaban J connectivity index is 1.50. The van der Waals surface area contributed by atoms with Gasteiger partial charge < -0.3 is 21.3 Å². The van der Waals surface area contributed by atoms with E-state index in [2.05, 4.69) is 30.5 Å². The lowest BCUT2D eigenvalue weighted by Crippen LogP contribution is -2.13. The number of nitrogens with one attached hydrogen (secondary N) is 2. The highest BCUT2D eigenvalue weighted by molar-refractivity contribution is 7.18. The van der Waals surface area contributed by atoms with E-state index in [1.165, 1.54) is 17.7 Å². The maximum absolute atomic E-state index is 13.2. The van der Waals surface area contributed by atoms with Crippen LogP contribution in [0.5, 0.6) is 0 Å². The molecule has 8 nitrogen and oxygen atoms in total. The molecule has 170 valence electrons. The molecule has 0 unspecified atom stereocenters. The lowest BCUT2D eigenvalue weighted by atomic mass is 10.0. The molecule has 0 radical (unpaired) electrons. The third-order valence-corrected chi connectivity index (χ3v) is 6.66. The second-order valence-corrected chi connectivity index (χ2v) is 9.00. The van der Waals surface area contributed by atoms with Crippen LogP contribution in [0.4, 0.5) is 28.7 Å². The number of nitrogens with two attached hydrogens (primary N) is 1. The van der Waals surface area contributed by atoms with E-state index in [1.807, 2.05) is 63.5 Å². The molecule has 1 amide bonds. The third kappa shape index (κ3) is 3.86. The first kappa shape index (κ1) is 21.6. The molecule has 3 heterocycles. The number of thiophene rings is 1. The van der Waals surface area contributed by atoms with Gasteiger partial charge in [-0.3, -0.25) is 4.79 Å². The summed E-state index contributed by atoms with van der Waals surface area (Å²) in [6.07, 6.45) is 3.11. The van der Waals surface area contributed by atoms with Crippen LogP contribution in [0.25, 0.3) is 21.0 Å². The van der Waals surface area contributed by atoms with Crippen molar-refractivity contribution in [3.8, 4) is 0 Å². The number of nitrogens with zero attached hydrogens (tertiary/aromatic N) is 4. The van der Waals surface area contributed by atoms with E-state index in [1.54, 1.807) is 11.6 Å². The summed E-state index contributed by atoms with van der Waals surface area (Å²) in [6, 6.07) is 14.0. The monoisotopic (exact) mass is 469 g/mol. The minimum absolute atomic E-state index is 0.245. The van der Waals surface area contributed by atoms with Gasteiger partial charge in [0.05, 0.1) is 21.5 Å². The Labute approximate surface area is 200 Å². The van der Waals surface area contributed by atoms with Crippen molar-refractivity contribution in [2.45, 2.75) is 6.92 Å². The largest absolute Gasteiger partial charge is 0.382 e. The van der Waals surface area contributed by atoms with E-state index in [-0.39, 0.29) is 5.91 Å². The Morgan fingerprint density at radius 2 is 1.79 bits per heavy atom. The van der Waals surface area contributed by atoms with Gasteiger partial charge in [-0.25, -0.2) is 15.0 Å². The number of pyridine rings is 1. The molecule has 5 aromatic rings. The first-order chi connectivity index (χ1) is 16.4. The van der Waals surface area contributed by atoms with Gasteiger partial charge in [-0.2, -0.15) is 0 Å². The van der Waals surface area contributed by atoms with Crippen LogP contribution in [-0.2, 0) is 0 Å². The number of aryl methyl sites for hydroxylation is 1. The summed E-state index contributed by atoms with van der Waals surface area (Å²) >= 11 is 1.36. The maximum Gasteiger partial charge on any atom is 0.258 e. The number of nitrogen functional groups attached to an aromatic ring is 1. The van der Waals surface area contributed by atoms with E-state index in [4.69, 9.17) is 5.73 Å². The quantitative estimate of drug-likeness (QED) is 0.325. The Morgan fingerprint density at radius 3 is 2.56 bits per heavy atom. The molecule has 0 saturated carbocycles. The molecule has 3 aromatic heterocycles. The topological polar surface area (TPSA) is 109 Å². The Hall–Kier alpha value is -4.24. The Morgan fingerprint density at radius 1 is 1.00 bits per heavy atom. The Bertz CT molecular complexity index is 1530. The van der Waals surface area contributed by atoms with E-state index < -0.39 is 0 Å². The van der Waals surface area contributed by atoms with Crippen LogP contribution in [0.1, 0.15) is 15.9 Å². The van der Waals surface area contributed by atoms with Gasteiger partial charge in [-0.15, -0.1) is 11.3 Å². The van der Waals surface area contributed by atoms with E-state index >= 15 is 0 Å². The number of rotatable bonds is 5. The van der Waals surface area contributed by atoms with Crippen molar-refractivity contribution in [3.05, 3.63) is 71.5 Å². The molecule has 5 rings (SSSR count). The number of carbonyl (C=O) groups excluding carboxylic acids is 1. The highest BCUT2D eigenvalue weighted by atomic mass is 32.1. The molecule has 9 heteroatoms. The van der Waals surface area contributed by atoms with Gasteiger partial charge >= 0.3 is 0 Å². The molecular weight excluding hydrogens is 446 g/mol. The molecule has 0 saturated heterocycles. The van der Waals surface area contributed by atoms with Crippen molar-refractivity contribution in [2.24, 2.45) is 0 Å². The fraction of sp³-hybridized carbons (Fsp3) is 0.120. The van der Waals surface area contributed by atoms with Crippen LogP contribution in [0.15, 0.2) is 60.4 Å². The summed E-state index contributed by atoms with van der Waals surface area (Å²) in [5.74, 6) is 0.841. The zero-order valence-corrected chi connectivity index (χ0v) is 19.8. The minimum Gasteiger partial charge on any atom is -0.382 e. The average molecular weight is 470 g/mol. The normalized spacial score (nSPS) is 11.0. The smallest absolute Gasteiger partial charge is 0.258 e. The van der Waals surface area contributed by atoms with Crippen LogP contribution >= 0.6 is 11.3 Å². The fourth-order valence-electron chi connectivity index (χ4n) is 3.82. The minimum atomic E-state index is -0.245. The second kappa shape index (κ2) is 8.60. The zero-order chi connectivity index (χ0) is 23.8. The number of benzene rings is 2. The number of fused-ring (bicyclic) bond motifs is 2. The third-order valence-electron chi connectivity index (χ3n) is 5.66. The molecule has 0 atom stereocenters. The number of hydrogen-bond acceptors (Lipinski definition) is 8. The van der Waals surface area contributed by atoms with Crippen molar-refractivity contribution in [1.82, 2.24) is 15.0 Å². The summed E-state index contributed by atoms with van der Waals surface area (Å²) < 4.78 is 0.707. The summed E-state index contributed by atoms with van der Waals surface area (Å²) in [4.78, 5) is 28.1. The van der Waals surface area contributed by atoms with Crippen molar-refractivity contribution in [1.29, 1.82) is 0 Å². The molecule has 0 spiro atoms. The molecule has 0 fully saturated rings. The molecular formula is C25H23N7OS. The highest BCUT2D eigenvalue weighted by Crippen LogP contribution is 2.34. The molecule has 34 heavy (non-hydrogen) atoms. The number of aromatic nitrogens is 3. The Kier molecular flexibility index (Phi) is 5.46. The maximum atomic E-state index is 13.2. The number of carbonyl (C=O) groups is 1. The summed E-state index contributed by atoms with van der Waals surface area (Å²) in [7, 11) is 4.02. The van der Waals surface area contributed by atoms with Crippen LogP contribution < -0.4 is 21.3 Å². The SMILES string of the molecule is Cc1ccc2c(Nc3ccc(N(C)C)cc3)nccc2c1NC(=O)c1csc2c(N)ncnc12. The first-order valence-electron chi connectivity index (χ1n) is 10.6. The number of amides is 1. The summed E-state index contributed by atoms with van der Waals surface area (Å²) in [6.45, 7) is 1.97. The van der Waals surface area contributed by atoms with Crippen LogP contribution in [-0.4, -0.2) is 35.0 Å². The average Bonchev–Trinajstić information content (AvgIpc) is 3.27. The molecule has 2 aromatic carbocycles. The lowest BCUT2D eigenvalue weighted by molar-refractivity contribution is 0.102. The molecule has 0 aliphatic heterocycles. The van der Waals surface area contributed by atoms with Crippen molar-refractivity contribution >= 4 is 66.9 Å². The van der Waals surface area contributed by atoms with Gasteiger partial charge in [0.15, 0.2) is 0 Å². The van der Waals surface area contributed by atoms with E-state index in [9.17, 15) is 4.79 Å². The van der Waals surface area contributed by atoms with Gasteiger partial charge in [0, 0.05) is 47.8 Å². The van der Waals surface area contributed by atoms with E-state index in [0.29, 0.717) is 27.4 Å². The van der Waals surface area contributed by atoms with Crippen LogP contribution in [0.3, 0.4) is 0 Å². The van der Waals surface area contributed by atoms with Gasteiger partial charge in [-0.1, -0.05) is 12.1 Å². The summed E-state index contributed by atoms with van der Waals surface area (Å²) in [5.41, 5.74) is 10.7. The predicted octanol–water partition coefficient (Wildman–Crippen LogP) is 5.19. The number of hydrogen-bond donors (Lipinski definition) is 3. The van der Waals surface area contributed by atoms with Crippen molar-refractivity contribution in [3.63, 3.8) is 0 Å². The molecule has 0 bridgehead atoms. The van der Waals surface area contributed by atoms with Gasteiger partial charge in [0.25, 0.3) is 5.91 Å². The molecule has 0 aliphatic carbocycles. The van der Waals surface area contributed by atoms with Crippen LogP contribution in [0.2, 0.25) is 0 Å². The van der Waals surface area contributed by atoms with Gasteiger partial charge in [0.2, 0.25) is 0 Å². The highest BCUT2D eigenvalue weighted by Gasteiger charge is 2.18. The van der Waals surface area contributed by atoms with Gasteiger partial charge in [0.1, 0.15) is 18.0 Å². The second-order valence-electron chi connectivity index (χ2n) is 8.12. The van der Waals surface area contributed by atoms with Crippen molar-refractivity contribution in [2.75, 3.05) is 35.4 Å². The number of anilines is 5. The summed E-state index contributed by atoms with van der Waals surface area (Å²) in [5, 5.41) is 10.0. The van der Waals surface area contributed by atoms with Crippen LogP contribution in [0, 0.1) is 6.92 Å². The standard InChI is InChI=1S/C25H23N7OS/c1-14-4-9-18-17(10-11-27-24(18)30-15-5-7-16(8-6-15)32(2)3)20(14)31-25(33)19-12-34-22-21(19)28-13-29-23(22)26/h4-13H,1-3H3,(H,27,30)(H,31,33)(H2,26,28,29). The first-order valence-corrected chi connectivity index (χ1v) is 11.5. The fourth-order valence-corrected chi connectivity index (χ4v) is 4.72. The lowest BCUT2D eigenvalue weighted by Gasteiger charge is -2.16.